The van der Waals surface area contributed by atoms with Crippen molar-refractivity contribution < 1.29 is 18.7 Å². The van der Waals surface area contributed by atoms with E-state index in [1.54, 1.807) is 4.90 Å². The quantitative estimate of drug-likeness (QED) is 0.778. The third-order valence-electron chi connectivity index (χ3n) is 2.51. The summed E-state index contributed by atoms with van der Waals surface area (Å²) in [5.41, 5.74) is 0.952. The Kier molecular flexibility index (Phi) is 6.28. The lowest BCUT2D eigenvalue weighted by Crippen LogP contribution is -2.29. The van der Waals surface area contributed by atoms with E-state index in [1.165, 1.54) is 0 Å². The zero-order valence-electron chi connectivity index (χ0n) is 10.1. The molecule has 0 spiro atoms. The average molecular weight is 257 g/mol. The van der Waals surface area contributed by atoms with Crippen LogP contribution in [0.1, 0.15) is 18.4 Å². The molecule has 0 bridgehead atoms. The molecule has 0 atom stereocenters. The second-order valence-electron chi connectivity index (χ2n) is 4.11. The van der Waals surface area contributed by atoms with Crippen LogP contribution in [0.2, 0.25) is 0 Å². The molecule has 3 nitrogen and oxygen atoms in total. The summed E-state index contributed by atoms with van der Waals surface area (Å²) in [6.07, 6.45) is -2.01. The molecule has 0 aromatic heterocycles. The fraction of sp³-hybridized carbons (Fsp3) is 0.462. The first-order valence-corrected chi connectivity index (χ1v) is 5.84. The van der Waals surface area contributed by atoms with Crippen LogP contribution < -0.4 is 0 Å². The van der Waals surface area contributed by atoms with Gasteiger partial charge in [0.15, 0.2) is 0 Å². The normalized spacial score (nSPS) is 11.1. The van der Waals surface area contributed by atoms with Crippen molar-refractivity contribution >= 4 is 5.97 Å². The number of hydrogen-bond donors (Lipinski definition) is 1. The number of halogens is 2. The summed E-state index contributed by atoms with van der Waals surface area (Å²) in [5.74, 6) is -0.897. The van der Waals surface area contributed by atoms with Crippen LogP contribution in [-0.4, -0.2) is 35.5 Å². The second kappa shape index (κ2) is 7.76. The topological polar surface area (TPSA) is 40.5 Å². The predicted octanol–water partition coefficient (Wildman–Crippen LogP) is 2.62. The average Bonchev–Trinajstić information content (AvgIpc) is 2.28. The number of nitrogens with zero attached hydrogens (tertiary/aromatic N) is 1. The van der Waals surface area contributed by atoms with Crippen LogP contribution in [0.5, 0.6) is 0 Å². The molecular weight excluding hydrogens is 240 g/mol. The Morgan fingerprint density at radius 2 is 1.94 bits per heavy atom. The first-order chi connectivity index (χ1) is 8.58. The first-order valence-electron chi connectivity index (χ1n) is 5.84. The summed E-state index contributed by atoms with van der Waals surface area (Å²) in [6.45, 7) is 0.463. The van der Waals surface area contributed by atoms with Crippen molar-refractivity contribution in [2.24, 2.45) is 0 Å². The van der Waals surface area contributed by atoms with E-state index in [4.69, 9.17) is 5.11 Å². The Hall–Kier alpha value is -1.49. The van der Waals surface area contributed by atoms with Gasteiger partial charge in [-0.2, -0.15) is 0 Å². The van der Waals surface area contributed by atoms with Crippen LogP contribution in [0, 0.1) is 0 Å². The Balaban J connectivity index is 2.47. The highest BCUT2D eigenvalue weighted by molar-refractivity contribution is 5.66. The first kappa shape index (κ1) is 14.6. The summed E-state index contributed by atoms with van der Waals surface area (Å²) in [7, 11) is 0. The monoisotopic (exact) mass is 257 g/mol. The molecule has 0 amide bonds. The minimum Gasteiger partial charge on any atom is -0.481 e. The number of aliphatic carboxylic acids is 1. The Morgan fingerprint density at radius 1 is 1.28 bits per heavy atom. The third kappa shape index (κ3) is 6.30. The molecule has 1 rings (SSSR count). The van der Waals surface area contributed by atoms with Crippen molar-refractivity contribution in [1.82, 2.24) is 4.90 Å². The van der Waals surface area contributed by atoms with E-state index in [-0.39, 0.29) is 13.0 Å². The van der Waals surface area contributed by atoms with Crippen molar-refractivity contribution in [3.8, 4) is 0 Å². The standard InChI is InChI=1S/C13H17F2NO2/c14-12(15)10-16(8-4-7-13(17)18)9-11-5-2-1-3-6-11/h1-3,5-6,12H,4,7-10H2,(H,17,18). The number of carboxylic acids is 1. The minimum atomic E-state index is -2.40. The van der Waals surface area contributed by atoms with Crippen LogP contribution in [0.3, 0.4) is 0 Å². The van der Waals surface area contributed by atoms with Gasteiger partial charge in [-0.25, -0.2) is 8.78 Å². The number of carbonyl (C=O) groups is 1. The molecule has 1 aromatic rings. The highest BCUT2D eigenvalue weighted by atomic mass is 19.3. The molecule has 0 heterocycles. The summed E-state index contributed by atoms with van der Waals surface area (Å²) < 4.78 is 24.8. The third-order valence-corrected chi connectivity index (χ3v) is 2.51. The number of hydrogen-bond acceptors (Lipinski definition) is 2. The molecule has 0 saturated carbocycles. The maximum absolute atomic E-state index is 12.4. The molecule has 0 unspecified atom stereocenters. The number of alkyl halides is 2. The SMILES string of the molecule is O=C(O)CCCN(Cc1ccccc1)CC(F)F. The van der Waals surface area contributed by atoms with E-state index >= 15 is 0 Å². The molecular formula is C13H17F2NO2. The van der Waals surface area contributed by atoms with Gasteiger partial charge < -0.3 is 5.11 Å². The van der Waals surface area contributed by atoms with Gasteiger partial charge in [0.1, 0.15) is 0 Å². The summed E-state index contributed by atoms with van der Waals surface area (Å²) in [4.78, 5) is 12.0. The van der Waals surface area contributed by atoms with E-state index in [9.17, 15) is 13.6 Å². The fourth-order valence-electron chi connectivity index (χ4n) is 1.73. The van der Waals surface area contributed by atoms with Crippen LogP contribution in [0.4, 0.5) is 8.78 Å². The molecule has 0 fully saturated rings. The maximum Gasteiger partial charge on any atom is 0.303 e. The summed E-state index contributed by atoms with van der Waals surface area (Å²) in [6, 6.07) is 9.32. The maximum atomic E-state index is 12.4. The van der Waals surface area contributed by atoms with E-state index in [2.05, 4.69) is 0 Å². The molecule has 0 aliphatic rings. The van der Waals surface area contributed by atoms with E-state index in [0.29, 0.717) is 19.5 Å². The predicted molar refractivity (Wildman–Crippen MR) is 64.6 cm³/mol. The zero-order valence-corrected chi connectivity index (χ0v) is 10.1. The highest BCUT2D eigenvalue weighted by Crippen LogP contribution is 2.08. The lowest BCUT2D eigenvalue weighted by atomic mass is 10.2. The van der Waals surface area contributed by atoms with Gasteiger partial charge in [0.2, 0.25) is 0 Å². The molecule has 0 radical (unpaired) electrons. The van der Waals surface area contributed by atoms with Crippen LogP contribution in [-0.2, 0) is 11.3 Å². The zero-order chi connectivity index (χ0) is 13.4. The van der Waals surface area contributed by atoms with Gasteiger partial charge in [-0.1, -0.05) is 30.3 Å². The molecule has 1 N–H and O–H groups in total. The number of carboxylic acid groups (broad SMARTS) is 1. The lowest BCUT2D eigenvalue weighted by Gasteiger charge is -2.21. The van der Waals surface area contributed by atoms with Crippen LogP contribution in [0.25, 0.3) is 0 Å². The van der Waals surface area contributed by atoms with Crippen molar-refractivity contribution in [2.75, 3.05) is 13.1 Å². The van der Waals surface area contributed by atoms with Crippen molar-refractivity contribution in [3.63, 3.8) is 0 Å². The lowest BCUT2D eigenvalue weighted by molar-refractivity contribution is -0.137. The molecule has 100 valence electrons. The van der Waals surface area contributed by atoms with Crippen LogP contribution >= 0.6 is 0 Å². The molecule has 0 saturated heterocycles. The van der Waals surface area contributed by atoms with Crippen molar-refractivity contribution in [2.45, 2.75) is 25.8 Å². The number of benzene rings is 1. The van der Waals surface area contributed by atoms with Gasteiger partial charge in [-0.15, -0.1) is 0 Å². The molecule has 18 heavy (non-hydrogen) atoms. The molecule has 0 aliphatic heterocycles. The van der Waals surface area contributed by atoms with Gasteiger partial charge in [0.25, 0.3) is 6.43 Å². The highest BCUT2D eigenvalue weighted by Gasteiger charge is 2.12. The van der Waals surface area contributed by atoms with Gasteiger partial charge in [0, 0.05) is 13.0 Å². The summed E-state index contributed by atoms with van der Waals surface area (Å²) in [5, 5.41) is 8.53. The van der Waals surface area contributed by atoms with Crippen molar-refractivity contribution in [3.05, 3.63) is 35.9 Å². The fourth-order valence-corrected chi connectivity index (χ4v) is 1.73. The van der Waals surface area contributed by atoms with E-state index in [1.807, 2.05) is 30.3 Å². The van der Waals surface area contributed by atoms with Gasteiger partial charge in [-0.05, 0) is 18.5 Å². The Morgan fingerprint density at radius 3 is 2.50 bits per heavy atom. The largest absolute Gasteiger partial charge is 0.481 e. The van der Waals surface area contributed by atoms with Gasteiger partial charge in [-0.3, -0.25) is 9.69 Å². The summed E-state index contributed by atoms with van der Waals surface area (Å²) >= 11 is 0. The van der Waals surface area contributed by atoms with Gasteiger partial charge >= 0.3 is 5.97 Å². The minimum absolute atomic E-state index is 0.00846. The Labute approximate surface area is 105 Å². The Bertz CT molecular complexity index is 357. The van der Waals surface area contributed by atoms with E-state index < -0.39 is 12.4 Å². The van der Waals surface area contributed by atoms with Gasteiger partial charge in [0.05, 0.1) is 6.54 Å². The molecule has 0 aliphatic carbocycles. The molecule has 5 heteroatoms. The molecule has 1 aromatic carbocycles. The van der Waals surface area contributed by atoms with Crippen LogP contribution in [0.15, 0.2) is 30.3 Å². The van der Waals surface area contributed by atoms with E-state index in [0.717, 1.165) is 5.56 Å². The van der Waals surface area contributed by atoms with Crippen molar-refractivity contribution in [1.29, 1.82) is 0 Å². The number of rotatable bonds is 8. The second-order valence-corrected chi connectivity index (χ2v) is 4.11. The smallest absolute Gasteiger partial charge is 0.303 e.